The van der Waals surface area contributed by atoms with E-state index in [-0.39, 0.29) is 17.9 Å². The number of hydrogen-bond donors (Lipinski definition) is 1. The second kappa shape index (κ2) is 5.92. The lowest BCUT2D eigenvalue weighted by molar-refractivity contribution is 0.189. The van der Waals surface area contributed by atoms with Crippen LogP contribution in [0.3, 0.4) is 0 Å². The molecule has 1 aliphatic heterocycles. The van der Waals surface area contributed by atoms with Crippen molar-refractivity contribution >= 4 is 11.7 Å². The standard InChI is InChI=1S/C16H22FN3O/c1-12(13-6-7-13)18-16(21)20-10-8-19(9-11-20)15-5-3-2-4-14(15)17/h2-5,12-13H,6-11H2,1H3,(H,18,21)/t12-/m1/s1. The molecule has 1 N–H and O–H groups in total. The van der Waals surface area contributed by atoms with E-state index in [1.165, 1.54) is 18.9 Å². The van der Waals surface area contributed by atoms with Crippen molar-refractivity contribution in [1.29, 1.82) is 0 Å². The van der Waals surface area contributed by atoms with E-state index in [4.69, 9.17) is 0 Å². The molecule has 0 radical (unpaired) electrons. The number of nitrogens with zero attached hydrogens (tertiary/aromatic N) is 2. The van der Waals surface area contributed by atoms with E-state index in [1.54, 1.807) is 12.1 Å². The number of halogens is 1. The summed E-state index contributed by atoms with van der Waals surface area (Å²) in [6, 6.07) is 7.09. The molecular formula is C16H22FN3O. The lowest BCUT2D eigenvalue weighted by Gasteiger charge is -2.36. The summed E-state index contributed by atoms with van der Waals surface area (Å²) < 4.78 is 13.8. The summed E-state index contributed by atoms with van der Waals surface area (Å²) in [5, 5.41) is 3.07. The van der Waals surface area contributed by atoms with Crippen LogP contribution < -0.4 is 10.2 Å². The van der Waals surface area contributed by atoms with Crippen molar-refractivity contribution in [3.05, 3.63) is 30.1 Å². The van der Waals surface area contributed by atoms with E-state index in [9.17, 15) is 9.18 Å². The molecule has 1 atom stereocenters. The third-order valence-electron chi connectivity index (χ3n) is 4.44. The van der Waals surface area contributed by atoms with E-state index in [0.29, 0.717) is 37.8 Å². The average molecular weight is 291 g/mol. The number of nitrogens with one attached hydrogen (secondary N) is 1. The van der Waals surface area contributed by atoms with Crippen molar-refractivity contribution in [3.63, 3.8) is 0 Å². The zero-order valence-electron chi connectivity index (χ0n) is 12.4. The monoisotopic (exact) mass is 291 g/mol. The van der Waals surface area contributed by atoms with Gasteiger partial charge in [-0.2, -0.15) is 0 Å². The molecule has 4 nitrogen and oxygen atoms in total. The highest BCUT2D eigenvalue weighted by atomic mass is 19.1. The highest BCUT2D eigenvalue weighted by molar-refractivity contribution is 5.75. The molecule has 0 bridgehead atoms. The maximum Gasteiger partial charge on any atom is 0.317 e. The number of hydrogen-bond acceptors (Lipinski definition) is 2. The zero-order chi connectivity index (χ0) is 14.8. The zero-order valence-corrected chi connectivity index (χ0v) is 12.4. The van der Waals surface area contributed by atoms with Gasteiger partial charge in [0.05, 0.1) is 5.69 Å². The summed E-state index contributed by atoms with van der Waals surface area (Å²) in [5.74, 6) is 0.464. The fourth-order valence-electron chi connectivity index (χ4n) is 2.86. The fourth-order valence-corrected chi connectivity index (χ4v) is 2.86. The van der Waals surface area contributed by atoms with Crippen LogP contribution in [0.5, 0.6) is 0 Å². The molecule has 1 saturated carbocycles. The van der Waals surface area contributed by atoms with Crippen molar-refractivity contribution in [2.45, 2.75) is 25.8 Å². The first-order valence-corrected chi connectivity index (χ1v) is 7.70. The van der Waals surface area contributed by atoms with Crippen molar-refractivity contribution in [3.8, 4) is 0 Å². The van der Waals surface area contributed by atoms with Crippen LogP contribution >= 0.6 is 0 Å². The summed E-state index contributed by atoms with van der Waals surface area (Å²) in [7, 11) is 0. The van der Waals surface area contributed by atoms with Crippen molar-refractivity contribution in [2.75, 3.05) is 31.1 Å². The van der Waals surface area contributed by atoms with Crippen LogP contribution in [0.25, 0.3) is 0 Å². The molecule has 2 fully saturated rings. The van der Waals surface area contributed by atoms with Gasteiger partial charge in [-0.05, 0) is 37.8 Å². The number of urea groups is 1. The average Bonchev–Trinajstić information content (AvgIpc) is 3.32. The third-order valence-corrected chi connectivity index (χ3v) is 4.44. The highest BCUT2D eigenvalue weighted by Gasteiger charge is 2.30. The normalized spacial score (nSPS) is 20.3. The van der Waals surface area contributed by atoms with Crippen LogP contribution in [-0.4, -0.2) is 43.2 Å². The highest BCUT2D eigenvalue weighted by Crippen LogP contribution is 2.32. The summed E-state index contributed by atoms with van der Waals surface area (Å²) in [6.45, 7) is 4.69. The molecule has 1 aliphatic carbocycles. The number of rotatable bonds is 3. The molecule has 5 heteroatoms. The van der Waals surface area contributed by atoms with Gasteiger partial charge in [-0.15, -0.1) is 0 Å². The molecule has 114 valence electrons. The van der Waals surface area contributed by atoms with Crippen LogP contribution in [-0.2, 0) is 0 Å². The van der Waals surface area contributed by atoms with E-state index in [1.807, 2.05) is 15.9 Å². The quantitative estimate of drug-likeness (QED) is 0.928. The predicted octanol–water partition coefficient (Wildman–Crippen LogP) is 2.46. The van der Waals surface area contributed by atoms with E-state index >= 15 is 0 Å². The van der Waals surface area contributed by atoms with Gasteiger partial charge in [-0.3, -0.25) is 0 Å². The summed E-state index contributed by atoms with van der Waals surface area (Å²) >= 11 is 0. The van der Waals surface area contributed by atoms with E-state index in [2.05, 4.69) is 12.2 Å². The molecule has 2 amide bonds. The lowest BCUT2D eigenvalue weighted by atomic mass is 10.2. The van der Waals surface area contributed by atoms with Gasteiger partial charge in [0.15, 0.2) is 0 Å². The first kappa shape index (κ1) is 14.2. The smallest absolute Gasteiger partial charge is 0.317 e. The van der Waals surface area contributed by atoms with Gasteiger partial charge in [0.2, 0.25) is 0 Å². The molecule has 0 spiro atoms. The number of carbonyl (C=O) groups excluding carboxylic acids is 1. The van der Waals surface area contributed by atoms with Gasteiger partial charge < -0.3 is 15.1 Å². The maximum absolute atomic E-state index is 13.8. The Balaban J connectivity index is 1.52. The number of piperazine rings is 1. The minimum absolute atomic E-state index is 0.0163. The topological polar surface area (TPSA) is 35.6 Å². The molecule has 0 unspecified atom stereocenters. The summed E-state index contributed by atoms with van der Waals surface area (Å²) in [5.41, 5.74) is 0.629. The SMILES string of the molecule is C[C@@H](NC(=O)N1CCN(c2ccccc2F)CC1)C1CC1. The summed E-state index contributed by atoms with van der Waals surface area (Å²) in [6.07, 6.45) is 2.45. The Morgan fingerprint density at radius 3 is 2.52 bits per heavy atom. The minimum atomic E-state index is -0.197. The van der Waals surface area contributed by atoms with Crippen LogP contribution in [0.15, 0.2) is 24.3 Å². The van der Waals surface area contributed by atoms with Gasteiger partial charge >= 0.3 is 6.03 Å². The van der Waals surface area contributed by atoms with Crippen LogP contribution in [0.2, 0.25) is 0 Å². The second-order valence-corrected chi connectivity index (χ2v) is 6.00. The van der Waals surface area contributed by atoms with Crippen molar-refractivity contribution in [2.24, 2.45) is 5.92 Å². The first-order chi connectivity index (χ1) is 10.1. The maximum atomic E-state index is 13.8. The van der Waals surface area contributed by atoms with Crippen LogP contribution in [0, 0.1) is 11.7 Å². The predicted molar refractivity (Wildman–Crippen MR) is 80.9 cm³/mol. The van der Waals surface area contributed by atoms with Gasteiger partial charge in [-0.1, -0.05) is 12.1 Å². The molecule has 3 rings (SSSR count). The number of para-hydroxylation sites is 1. The Hall–Kier alpha value is -1.78. The Labute approximate surface area is 124 Å². The molecule has 0 aromatic heterocycles. The van der Waals surface area contributed by atoms with Gasteiger partial charge in [0, 0.05) is 32.2 Å². The number of anilines is 1. The molecule has 1 heterocycles. The van der Waals surface area contributed by atoms with Gasteiger partial charge in [0.25, 0.3) is 0 Å². The fraction of sp³-hybridized carbons (Fsp3) is 0.562. The molecule has 2 aliphatic rings. The molecule has 1 aromatic rings. The Morgan fingerprint density at radius 2 is 1.90 bits per heavy atom. The number of benzene rings is 1. The molecule has 21 heavy (non-hydrogen) atoms. The van der Waals surface area contributed by atoms with Crippen molar-refractivity contribution < 1.29 is 9.18 Å². The largest absolute Gasteiger partial charge is 0.366 e. The van der Waals surface area contributed by atoms with Gasteiger partial charge in [-0.25, -0.2) is 9.18 Å². The lowest BCUT2D eigenvalue weighted by Crippen LogP contribution is -2.53. The molecule has 1 saturated heterocycles. The Morgan fingerprint density at radius 1 is 1.24 bits per heavy atom. The van der Waals surface area contributed by atoms with E-state index < -0.39 is 0 Å². The van der Waals surface area contributed by atoms with Crippen LogP contribution in [0.1, 0.15) is 19.8 Å². The second-order valence-electron chi connectivity index (χ2n) is 6.00. The van der Waals surface area contributed by atoms with Gasteiger partial charge in [0.1, 0.15) is 5.82 Å². The molecule has 1 aromatic carbocycles. The third kappa shape index (κ3) is 3.28. The Bertz CT molecular complexity index is 510. The minimum Gasteiger partial charge on any atom is -0.366 e. The molecular weight excluding hydrogens is 269 g/mol. The Kier molecular flexibility index (Phi) is 3.99. The van der Waals surface area contributed by atoms with Crippen LogP contribution in [0.4, 0.5) is 14.9 Å². The number of carbonyl (C=O) groups is 1. The summed E-state index contributed by atoms with van der Waals surface area (Å²) in [4.78, 5) is 16.0. The van der Waals surface area contributed by atoms with Crippen molar-refractivity contribution in [1.82, 2.24) is 10.2 Å². The van der Waals surface area contributed by atoms with E-state index in [0.717, 1.165) is 0 Å². The first-order valence-electron chi connectivity index (χ1n) is 7.70. The number of amides is 2.